The summed E-state index contributed by atoms with van der Waals surface area (Å²) in [4.78, 5) is 18.5. The number of rotatable bonds is 4. The Hall–Kier alpha value is -2.50. The van der Waals surface area contributed by atoms with Gasteiger partial charge in [0.2, 0.25) is 0 Å². The Labute approximate surface area is 110 Å². The molecule has 0 saturated carbocycles. The molecule has 0 atom stereocenters. The van der Waals surface area contributed by atoms with Crippen LogP contribution in [0.4, 0.5) is 0 Å². The zero-order valence-electron chi connectivity index (χ0n) is 10.7. The van der Waals surface area contributed by atoms with Gasteiger partial charge in [-0.2, -0.15) is 5.10 Å². The fourth-order valence-electron chi connectivity index (χ4n) is 1.72. The van der Waals surface area contributed by atoms with Crippen LogP contribution in [0.15, 0.2) is 18.6 Å². The summed E-state index contributed by atoms with van der Waals surface area (Å²) in [6.45, 7) is 2.03. The minimum atomic E-state index is -1.06. The Morgan fingerprint density at radius 1 is 1.42 bits per heavy atom. The minimum Gasteiger partial charge on any atom is -0.477 e. The number of carboxylic acids is 1. The van der Waals surface area contributed by atoms with Crippen molar-refractivity contribution in [3.05, 3.63) is 41.2 Å². The van der Waals surface area contributed by atoms with E-state index in [1.54, 1.807) is 10.8 Å². The molecule has 0 radical (unpaired) electrons. The predicted molar refractivity (Wildman–Crippen MR) is 70.5 cm³/mol. The molecule has 0 aliphatic carbocycles. The first-order valence-electron chi connectivity index (χ1n) is 5.86. The van der Waals surface area contributed by atoms with Gasteiger partial charge in [0.25, 0.3) is 0 Å². The second kappa shape index (κ2) is 5.43. The zero-order valence-corrected chi connectivity index (χ0v) is 10.7. The first-order chi connectivity index (χ1) is 9.10. The van der Waals surface area contributed by atoms with E-state index in [2.05, 4.69) is 15.1 Å². The fraction of sp³-hybridized carbons (Fsp3) is 0.231. The molecular formula is C13H14N4O2. The molecule has 1 N–H and O–H groups in total. The molecule has 0 aliphatic rings. The standard InChI is InChI=1S/C13H14N4O2/c1-3-11-9(7-17(2)16-11)4-5-10-6-12(13(18)19)15-8-14-10/h4-8H,3H2,1-2H3,(H,18,19)/b5-4+. The van der Waals surface area contributed by atoms with Crippen molar-refractivity contribution in [2.75, 3.05) is 0 Å². The van der Waals surface area contributed by atoms with Crippen molar-refractivity contribution in [3.63, 3.8) is 0 Å². The van der Waals surface area contributed by atoms with Crippen molar-refractivity contribution < 1.29 is 9.90 Å². The molecule has 0 spiro atoms. The van der Waals surface area contributed by atoms with Gasteiger partial charge in [0.1, 0.15) is 6.33 Å². The van der Waals surface area contributed by atoms with Crippen molar-refractivity contribution in [2.24, 2.45) is 7.05 Å². The van der Waals surface area contributed by atoms with Gasteiger partial charge in [0, 0.05) is 18.8 Å². The van der Waals surface area contributed by atoms with Crippen LogP contribution in [0.3, 0.4) is 0 Å². The summed E-state index contributed by atoms with van der Waals surface area (Å²) in [5.74, 6) is -1.06. The third kappa shape index (κ3) is 3.04. The van der Waals surface area contributed by atoms with Gasteiger partial charge in [-0.3, -0.25) is 4.68 Å². The van der Waals surface area contributed by atoms with Crippen molar-refractivity contribution in [2.45, 2.75) is 13.3 Å². The molecule has 0 unspecified atom stereocenters. The molecule has 0 amide bonds. The average Bonchev–Trinajstić information content (AvgIpc) is 2.77. The van der Waals surface area contributed by atoms with Gasteiger partial charge in [-0.25, -0.2) is 14.8 Å². The normalized spacial score (nSPS) is 11.1. The lowest BCUT2D eigenvalue weighted by Crippen LogP contribution is -2.00. The number of hydrogen-bond donors (Lipinski definition) is 1. The number of hydrogen-bond acceptors (Lipinski definition) is 4. The Morgan fingerprint density at radius 3 is 2.89 bits per heavy atom. The smallest absolute Gasteiger partial charge is 0.354 e. The molecule has 6 nitrogen and oxygen atoms in total. The molecule has 2 rings (SSSR count). The molecule has 6 heteroatoms. The molecule has 98 valence electrons. The van der Waals surface area contributed by atoms with Crippen LogP contribution in [-0.4, -0.2) is 30.8 Å². The van der Waals surface area contributed by atoms with Crippen LogP contribution in [0.5, 0.6) is 0 Å². The van der Waals surface area contributed by atoms with Crippen molar-refractivity contribution >= 4 is 18.1 Å². The Kier molecular flexibility index (Phi) is 3.70. The van der Waals surface area contributed by atoms with E-state index < -0.39 is 5.97 Å². The Morgan fingerprint density at radius 2 is 2.21 bits per heavy atom. The molecular weight excluding hydrogens is 244 g/mol. The molecule has 0 fully saturated rings. The number of aryl methyl sites for hydroxylation is 2. The van der Waals surface area contributed by atoms with Gasteiger partial charge in [-0.05, 0) is 24.6 Å². The van der Waals surface area contributed by atoms with E-state index in [0.29, 0.717) is 5.69 Å². The maximum absolute atomic E-state index is 10.8. The van der Waals surface area contributed by atoms with Crippen LogP contribution in [0.25, 0.3) is 12.2 Å². The van der Waals surface area contributed by atoms with Crippen molar-refractivity contribution in [1.82, 2.24) is 19.7 Å². The van der Waals surface area contributed by atoms with Crippen LogP contribution < -0.4 is 0 Å². The highest BCUT2D eigenvalue weighted by atomic mass is 16.4. The highest BCUT2D eigenvalue weighted by Gasteiger charge is 2.05. The van der Waals surface area contributed by atoms with Gasteiger partial charge >= 0.3 is 5.97 Å². The minimum absolute atomic E-state index is 0.0171. The van der Waals surface area contributed by atoms with E-state index in [9.17, 15) is 4.79 Å². The number of nitrogens with zero attached hydrogens (tertiary/aromatic N) is 4. The lowest BCUT2D eigenvalue weighted by molar-refractivity contribution is 0.0690. The molecule has 19 heavy (non-hydrogen) atoms. The number of aromatic carboxylic acids is 1. The summed E-state index contributed by atoms with van der Waals surface area (Å²) in [5, 5.41) is 13.2. The first kappa shape index (κ1) is 12.9. The lowest BCUT2D eigenvalue weighted by Gasteiger charge is -1.95. The second-order valence-electron chi connectivity index (χ2n) is 4.02. The summed E-state index contributed by atoms with van der Waals surface area (Å²) in [7, 11) is 1.86. The highest BCUT2D eigenvalue weighted by Crippen LogP contribution is 2.11. The largest absolute Gasteiger partial charge is 0.477 e. The quantitative estimate of drug-likeness (QED) is 0.901. The van der Waals surface area contributed by atoms with E-state index in [-0.39, 0.29) is 5.69 Å². The average molecular weight is 258 g/mol. The topological polar surface area (TPSA) is 80.9 Å². The van der Waals surface area contributed by atoms with Crippen LogP contribution in [-0.2, 0) is 13.5 Å². The monoisotopic (exact) mass is 258 g/mol. The second-order valence-corrected chi connectivity index (χ2v) is 4.02. The third-order valence-corrected chi connectivity index (χ3v) is 2.61. The van der Waals surface area contributed by atoms with Gasteiger partial charge < -0.3 is 5.11 Å². The predicted octanol–water partition coefficient (Wildman–Crippen LogP) is 1.64. The fourth-order valence-corrected chi connectivity index (χ4v) is 1.72. The molecule has 2 aromatic rings. The van der Waals surface area contributed by atoms with Gasteiger partial charge in [-0.15, -0.1) is 0 Å². The van der Waals surface area contributed by atoms with Gasteiger partial charge in [0.05, 0.1) is 11.4 Å². The summed E-state index contributed by atoms with van der Waals surface area (Å²) < 4.78 is 1.75. The van der Waals surface area contributed by atoms with E-state index in [4.69, 9.17) is 5.11 Å². The van der Waals surface area contributed by atoms with Gasteiger partial charge in [0.15, 0.2) is 5.69 Å². The summed E-state index contributed by atoms with van der Waals surface area (Å²) in [5.41, 5.74) is 2.53. The molecule has 2 aromatic heterocycles. The molecule has 0 aliphatic heterocycles. The summed E-state index contributed by atoms with van der Waals surface area (Å²) in [6, 6.07) is 1.43. The molecule has 0 aromatic carbocycles. The van der Waals surface area contributed by atoms with Crippen LogP contribution in [0.2, 0.25) is 0 Å². The van der Waals surface area contributed by atoms with E-state index >= 15 is 0 Å². The number of aromatic nitrogens is 4. The zero-order chi connectivity index (χ0) is 13.8. The molecule has 2 heterocycles. The SMILES string of the molecule is CCc1nn(C)cc1/C=C/c1cc(C(=O)O)ncn1. The maximum atomic E-state index is 10.8. The van der Waals surface area contributed by atoms with Crippen LogP contribution in [0, 0.1) is 0 Å². The van der Waals surface area contributed by atoms with E-state index in [1.807, 2.05) is 26.2 Å². The van der Waals surface area contributed by atoms with Crippen LogP contribution in [0.1, 0.15) is 34.4 Å². The summed E-state index contributed by atoms with van der Waals surface area (Å²) >= 11 is 0. The van der Waals surface area contributed by atoms with E-state index in [0.717, 1.165) is 17.7 Å². The molecule has 0 saturated heterocycles. The highest BCUT2D eigenvalue weighted by molar-refractivity contribution is 5.86. The van der Waals surface area contributed by atoms with Crippen molar-refractivity contribution in [3.8, 4) is 0 Å². The van der Waals surface area contributed by atoms with Crippen molar-refractivity contribution in [1.29, 1.82) is 0 Å². The summed E-state index contributed by atoms with van der Waals surface area (Å²) in [6.07, 6.45) is 7.62. The van der Waals surface area contributed by atoms with E-state index in [1.165, 1.54) is 12.4 Å². The molecule has 0 bridgehead atoms. The third-order valence-electron chi connectivity index (χ3n) is 2.61. The van der Waals surface area contributed by atoms with Gasteiger partial charge in [-0.1, -0.05) is 6.92 Å². The lowest BCUT2D eigenvalue weighted by atomic mass is 10.2. The Balaban J connectivity index is 2.27. The Bertz CT molecular complexity index is 631. The van der Waals surface area contributed by atoms with Crippen LogP contribution >= 0.6 is 0 Å². The maximum Gasteiger partial charge on any atom is 0.354 e. The number of carbonyl (C=O) groups is 1. The number of carboxylic acid groups (broad SMARTS) is 1. The first-order valence-corrected chi connectivity index (χ1v) is 5.86.